The van der Waals surface area contributed by atoms with Crippen molar-refractivity contribution in [2.24, 2.45) is 0 Å². The maximum absolute atomic E-state index is 13.3. The molecule has 0 aliphatic heterocycles. The lowest BCUT2D eigenvalue weighted by molar-refractivity contribution is -0.114. The van der Waals surface area contributed by atoms with E-state index in [2.05, 4.69) is 16.0 Å². The van der Waals surface area contributed by atoms with Crippen LogP contribution in [-0.4, -0.2) is 23.5 Å². The number of halogens is 1. The van der Waals surface area contributed by atoms with Crippen LogP contribution in [0, 0.1) is 0 Å². The maximum atomic E-state index is 13.3. The third-order valence-corrected chi connectivity index (χ3v) is 7.48. The molecule has 0 heterocycles. The van der Waals surface area contributed by atoms with Gasteiger partial charge in [-0.05, 0) is 71.6 Å². The first-order chi connectivity index (χ1) is 20.4. The molecule has 3 amide bonds. The third-order valence-electron chi connectivity index (χ3n) is 6.23. The minimum Gasteiger partial charge on any atom is -0.325 e. The number of rotatable bonds is 9. The van der Waals surface area contributed by atoms with Crippen molar-refractivity contribution in [2.45, 2.75) is 4.90 Å². The van der Waals surface area contributed by atoms with Crippen LogP contribution < -0.4 is 16.0 Å². The second kappa shape index (κ2) is 13.7. The van der Waals surface area contributed by atoms with E-state index < -0.39 is 11.8 Å². The van der Waals surface area contributed by atoms with Crippen molar-refractivity contribution in [3.63, 3.8) is 0 Å². The number of carbonyl (C=O) groups is 3. The minimum absolute atomic E-state index is 0.0645. The average molecular weight is 592 g/mol. The molecule has 0 spiro atoms. The van der Waals surface area contributed by atoms with E-state index in [0.717, 1.165) is 21.4 Å². The van der Waals surface area contributed by atoms with Gasteiger partial charge in [-0.1, -0.05) is 78.3 Å². The standard InChI is InChI=1S/C34H26ClN3O3S/c35-26-13-6-8-23(20-26)21-31(38-33(40)25-10-2-1-3-11-25)34(41)36-27-16-18-28(19-17-27)42-22-32(39)37-30-15-7-12-24-9-4-5-14-29(24)30/h1-21H,22H2,(H,36,41)(H,37,39)(H,38,40)/b31-21-. The Kier molecular flexibility index (Phi) is 9.33. The highest BCUT2D eigenvalue weighted by Crippen LogP contribution is 2.25. The van der Waals surface area contributed by atoms with E-state index in [9.17, 15) is 14.4 Å². The Morgan fingerprint density at radius 3 is 2.24 bits per heavy atom. The van der Waals surface area contributed by atoms with Crippen LogP contribution in [0.25, 0.3) is 16.8 Å². The first-order valence-electron chi connectivity index (χ1n) is 13.1. The lowest BCUT2D eigenvalue weighted by Gasteiger charge is -2.12. The summed E-state index contributed by atoms with van der Waals surface area (Å²) >= 11 is 7.51. The molecular weight excluding hydrogens is 566 g/mol. The van der Waals surface area contributed by atoms with Crippen LogP contribution in [0.3, 0.4) is 0 Å². The van der Waals surface area contributed by atoms with Crippen LogP contribution in [-0.2, 0) is 9.59 Å². The fraction of sp³-hybridized carbons (Fsp3) is 0.0294. The van der Waals surface area contributed by atoms with Crippen molar-refractivity contribution >= 4 is 69.3 Å². The molecule has 0 saturated heterocycles. The quantitative estimate of drug-likeness (QED) is 0.121. The Bertz CT molecular complexity index is 1770. The smallest absolute Gasteiger partial charge is 0.272 e. The number of benzene rings is 5. The monoisotopic (exact) mass is 591 g/mol. The van der Waals surface area contributed by atoms with Gasteiger partial charge in [0.15, 0.2) is 0 Å². The lowest BCUT2D eigenvalue weighted by Crippen LogP contribution is -2.30. The molecule has 3 N–H and O–H groups in total. The van der Waals surface area contributed by atoms with Crippen molar-refractivity contribution in [2.75, 3.05) is 16.4 Å². The Hall–Kier alpha value is -4.85. The van der Waals surface area contributed by atoms with Crippen LogP contribution in [0.5, 0.6) is 0 Å². The first kappa shape index (κ1) is 28.7. The topological polar surface area (TPSA) is 87.3 Å². The van der Waals surface area contributed by atoms with Crippen molar-refractivity contribution in [3.8, 4) is 0 Å². The highest BCUT2D eigenvalue weighted by molar-refractivity contribution is 8.00. The minimum atomic E-state index is -0.492. The molecule has 0 atom stereocenters. The summed E-state index contributed by atoms with van der Waals surface area (Å²) in [6, 6.07) is 36.5. The second-order valence-electron chi connectivity index (χ2n) is 9.28. The zero-order valence-electron chi connectivity index (χ0n) is 22.3. The Morgan fingerprint density at radius 2 is 1.45 bits per heavy atom. The van der Waals surface area contributed by atoms with Crippen molar-refractivity contribution in [3.05, 3.63) is 143 Å². The maximum Gasteiger partial charge on any atom is 0.272 e. The van der Waals surface area contributed by atoms with Gasteiger partial charge in [0, 0.05) is 32.2 Å². The summed E-state index contributed by atoms with van der Waals surface area (Å²) in [5.74, 6) is -0.784. The van der Waals surface area contributed by atoms with Gasteiger partial charge in [0.05, 0.1) is 5.75 Å². The Morgan fingerprint density at radius 1 is 0.738 bits per heavy atom. The largest absolute Gasteiger partial charge is 0.325 e. The number of nitrogens with one attached hydrogen (secondary N) is 3. The number of thioether (sulfide) groups is 1. The number of anilines is 2. The summed E-state index contributed by atoms with van der Waals surface area (Å²) < 4.78 is 0. The summed E-state index contributed by atoms with van der Waals surface area (Å²) in [6.07, 6.45) is 1.57. The van der Waals surface area contributed by atoms with E-state index in [1.165, 1.54) is 11.8 Å². The van der Waals surface area contributed by atoms with E-state index in [1.807, 2.05) is 60.7 Å². The average Bonchev–Trinajstić information content (AvgIpc) is 3.01. The molecule has 0 fully saturated rings. The highest BCUT2D eigenvalue weighted by atomic mass is 35.5. The fourth-order valence-electron chi connectivity index (χ4n) is 4.21. The number of hydrogen-bond acceptors (Lipinski definition) is 4. The van der Waals surface area contributed by atoms with Crippen molar-refractivity contribution < 1.29 is 14.4 Å². The molecule has 6 nitrogen and oxygen atoms in total. The van der Waals surface area contributed by atoms with Gasteiger partial charge in [-0.25, -0.2) is 0 Å². The predicted octanol–water partition coefficient (Wildman–Crippen LogP) is 7.63. The number of carbonyl (C=O) groups excluding carboxylic acids is 3. The summed E-state index contributed by atoms with van der Waals surface area (Å²) in [4.78, 5) is 39.6. The van der Waals surface area contributed by atoms with Crippen LogP contribution in [0.4, 0.5) is 11.4 Å². The summed E-state index contributed by atoms with van der Waals surface area (Å²) in [5.41, 5.74) is 2.46. The van der Waals surface area contributed by atoms with Crippen LogP contribution in [0.15, 0.2) is 132 Å². The zero-order chi connectivity index (χ0) is 29.3. The van der Waals surface area contributed by atoms with Crippen molar-refractivity contribution in [1.29, 1.82) is 0 Å². The van der Waals surface area contributed by atoms with E-state index in [0.29, 0.717) is 21.8 Å². The molecular formula is C34H26ClN3O3S. The van der Waals surface area contributed by atoms with Gasteiger partial charge < -0.3 is 16.0 Å². The SMILES string of the molecule is O=C(CSc1ccc(NC(=O)/C(=C/c2cccc(Cl)c2)NC(=O)c2ccccc2)cc1)Nc1cccc2ccccc12. The molecule has 0 aromatic heterocycles. The second-order valence-corrected chi connectivity index (χ2v) is 10.8. The normalized spacial score (nSPS) is 11.1. The molecule has 5 aromatic carbocycles. The molecule has 0 saturated carbocycles. The van der Waals surface area contributed by atoms with Gasteiger partial charge in [-0.3, -0.25) is 14.4 Å². The van der Waals surface area contributed by atoms with Gasteiger partial charge in [0.2, 0.25) is 5.91 Å². The van der Waals surface area contributed by atoms with Gasteiger partial charge in [0.1, 0.15) is 5.70 Å². The first-order valence-corrected chi connectivity index (χ1v) is 14.5. The molecule has 5 rings (SSSR count). The van der Waals surface area contributed by atoms with Crippen LogP contribution in [0.1, 0.15) is 15.9 Å². The molecule has 0 radical (unpaired) electrons. The molecule has 208 valence electrons. The number of amides is 3. The van der Waals surface area contributed by atoms with Gasteiger partial charge in [-0.15, -0.1) is 11.8 Å². The predicted molar refractivity (Wildman–Crippen MR) is 172 cm³/mol. The summed E-state index contributed by atoms with van der Waals surface area (Å²) in [6.45, 7) is 0. The molecule has 5 aromatic rings. The van der Waals surface area contributed by atoms with Gasteiger partial charge in [0.25, 0.3) is 11.8 Å². The van der Waals surface area contributed by atoms with Gasteiger partial charge in [-0.2, -0.15) is 0 Å². The Labute approximate surface area is 252 Å². The molecule has 0 aliphatic carbocycles. The Balaban J connectivity index is 1.22. The van der Waals surface area contributed by atoms with E-state index in [1.54, 1.807) is 66.7 Å². The molecule has 0 bridgehead atoms. The molecule has 8 heteroatoms. The van der Waals surface area contributed by atoms with E-state index in [4.69, 9.17) is 11.6 Å². The van der Waals surface area contributed by atoms with Crippen LogP contribution >= 0.6 is 23.4 Å². The zero-order valence-corrected chi connectivity index (χ0v) is 23.9. The molecule has 0 unspecified atom stereocenters. The van der Waals surface area contributed by atoms with Gasteiger partial charge >= 0.3 is 0 Å². The summed E-state index contributed by atoms with van der Waals surface area (Å²) in [5, 5.41) is 11.1. The molecule has 0 aliphatic rings. The molecule has 42 heavy (non-hydrogen) atoms. The number of hydrogen-bond donors (Lipinski definition) is 3. The van der Waals surface area contributed by atoms with E-state index >= 15 is 0 Å². The lowest BCUT2D eigenvalue weighted by atomic mass is 10.1. The summed E-state index contributed by atoms with van der Waals surface area (Å²) in [7, 11) is 0. The van der Waals surface area contributed by atoms with Crippen molar-refractivity contribution in [1.82, 2.24) is 5.32 Å². The number of fused-ring (bicyclic) bond motifs is 1. The fourth-order valence-corrected chi connectivity index (χ4v) is 5.11. The highest BCUT2D eigenvalue weighted by Gasteiger charge is 2.15. The van der Waals surface area contributed by atoms with E-state index in [-0.39, 0.29) is 17.4 Å². The third kappa shape index (κ3) is 7.66. The van der Waals surface area contributed by atoms with Crippen LogP contribution in [0.2, 0.25) is 5.02 Å².